The van der Waals surface area contributed by atoms with Crippen LogP contribution in [0.1, 0.15) is 18.4 Å². The zero-order chi connectivity index (χ0) is 15.4. The molecule has 0 aliphatic heterocycles. The third kappa shape index (κ3) is 4.70. The number of amides is 1. The van der Waals surface area contributed by atoms with E-state index in [-0.39, 0.29) is 35.6 Å². The fourth-order valence-electron chi connectivity index (χ4n) is 1.95. The number of benzene rings is 1. The number of carbonyl (C=O) groups is 2. The van der Waals surface area contributed by atoms with Crippen molar-refractivity contribution in [1.82, 2.24) is 4.90 Å². The summed E-state index contributed by atoms with van der Waals surface area (Å²) in [7, 11) is 0. The summed E-state index contributed by atoms with van der Waals surface area (Å²) in [6, 6.07) is 3.36. The Kier molecular flexibility index (Phi) is 5.17. The second-order valence-electron chi connectivity index (χ2n) is 4.88. The van der Waals surface area contributed by atoms with Gasteiger partial charge in [-0.05, 0) is 18.9 Å². The first-order valence-corrected chi connectivity index (χ1v) is 7.66. The SMILES string of the molecule is O=C(O)CSCC(=O)N(Cc1ccc(F)cc1F)C1CC1. The molecule has 114 valence electrons. The lowest BCUT2D eigenvalue weighted by Crippen LogP contribution is -2.34. The second-order valence-corrected chi connectivity index (χ2v) is 5.86. The van der Waals surface area contributed by atoms with Gasteiger partial charge in [0.15, 0.2) is 0 Å². The van der Waals surface area contributed by atoms with Crippen LogP contribution in [-0.2, 0) is 16.1 Å². The van der Waals surface area contributed by atoms with Gasteiger partial charge in [-0.15, -0.1) is 11.8 Å². The number of aliphatic carboxylic acids is 1. The van der Waals surface area contributed by atoms with Gasteiger partial charge in [-0.2, -0.15) is 0 Å². The molecule has 1 aromatic rings. The topological polar surface area (TPSA) is 57.6 Å². The number of carbonyl (C=O) groups excluding carboxylic acids is 1. The smallest absolute Gasteiger partial charge is 0.313 e. The highest BCUT2D eigenvalue weighted by Crippen LogP contribution is 2.29. The van der Waals surface area contributed by atoms with Crippen LogP contribution < -0.4 is 0 Å². The van der Waals surface area contributed by atoms with Crippen LogP contribution in [0.15, 0.2) is 18.2 Å². The van der Waals surface area contributed by atoms with Crippen LogP contribution in [0, 0.1) is 11.6 Å². The summed E-state index contributed by atoms with van der Waals surface area (Å²) in [5, 5.41) is 8.55. The van der Waals surface area contributed by atoms with Crippen molar-refractivity contribution in [1.29, 1.82) is 0 Å². The zero-order valence-electron chi connectivity index (χ0n) is 11.2. The summed E-state index contributed by atoms with van der Waals surface area (Å²) in [5.41, 5.74) is 0.264. The Morgan fingerprint density at radius 1 is 1.29 bits per heavy atom. The molecule has 1 aliphatic carbocycles. The minimum atomic E-state index is -0.977. The van der Waals surface area contributed by atoms with Gasteiger partial charge >= 0.3 is 5.97 Å². The van der Waals surface area contributed by atoms with E-state index in [9.17, 15) is 18.4 Å². The maximum absolute atomic E-state index is 13.7. The van der Waals surface area contributed by atoms with Gasteiger partial charge in [0.25, 0.3) is 0 Å². The Morgan fingerprint density at radius 3 is 2.57 bits per heavy atom. The van der Waals surface area contributed by atoms with Crippen molar-refractivity contribution in [3.05, 3.63) is 35.4 Å². The van der Waals surface area contributed by atoms with Gasteiger partial charge in [0.05, 0.1) is 11.5 Å². The monoisotopic (exact) mass is 315 g/mol. The van der Waals surface area contributed by atoms with E-state index in [1.54, 1.807) is 4.90 Å². The van der Waals surface area contributed by atoms with E-state index in [4.69, 9.17) is 5.11 Å². The average molecular weight is 315 g/mol. The first kappa shape index (κ1) is 15.8. The molecule has 0 atom stereocenters. The Hall–Kier alpha value is -1.63. The predicted octanol–water partition coefficient (Wildman–Crippen LogP) is 2.27. The lowest BCUT2D eigenvalue weighted by Gasteiger charge is -2.22. The number of nitrogens with zero attached hydrogens (tertiary/aromatic N) is 1. The van der Waals surface area contributed by atoms with E-state index in [1.807, 2.05) is 0 Å². The maximum Gasteiger partial charge on any atom is 0.313 e. The molecule has 1 N–H and O–H groups in total. The summed E-state index contributed by atoms with van der Waals surface area (Å²) in [4.78, 5) is 24.1. The molecule has 0 aromatic heterocycles. The first-order valence-electron chi connectivity index (χ1n) is 6.50. The molecule has 0 saturated heterocycles. The van der Waals surface area contributed by atoms with Crippen molar-refractivity contribution in [3.8, 4) is 0 Å². The number of carboxylic acid groups (broad SMARTS) is 1. The van der Waals surface area contributed by atoms with Crippen LogP contribution in [-0.4, -0.2) is 39.4 Å². The Labute approximate surface area is 125 Å². The Morgan fingerprint density at radius 2 is 2.00 bits per heavy atom. The van der Waals surface area contributed by atoms with Gasteiger partial charge in [0, 0.05) is 24.2 Å². The highest BCUT2D eigenvalue weighted by atomic mass is 32.2. The molecule has 0 spiro atoms. The molecule has 1 fully saturated rings. The molecule has 0 unspecified atom stereocenters. The van der Waals surface area contributed by atoms with Crippen LogP contribution in [0.2, 0.25) is 0 Å². The average Bonchev–Trinajstić information content (AvgIpc) is 3.21. The summed E-state index contributed by atoms with van der Waals surface area (Å²) in [5.74, 6) is -2.62. The van der Waals surface area contributed by atoms with E-state index >= 15 is 0 Å². The molecule has 4 nitrogen and oxygen atoms in total. The number of hydrogen-bond acceptors (Lipinski definition) is 3. The van der Waals surface area contributed by atoms with Gasteiger partial charge in [-0.25, -0.2) is 8.78 Å². The zero-order valence-corrected chi connectivity index (χ0v) is 12.0. The van der Waals surface area contributed by atoms with Gasteiger partial charge in [-0.3, -0.25) is 9.59 Å². The van der Waals surface area contributed by atoms with Crippen molar-refractivity contribution < 1.29 is 23.5 Å². The lowest BCUT2D eigenvalue weighted by molar-refractivity contribution is -0.133. The largest absolute Gasteiger partial charge is 0.481 e. The maximum atomic E-state index is 13.7. The van der Waals surface area contributed by atoms with Gasteiger partial charge in [0.1, 0.15) is 11.6 Å². The predicted molar refractivity (Wildman–Crippen MR) is 74.9 cm³/mol. The van der Waals surface area contributed by atoms with Crippen molar-refractivity contribution in [2.24, 2.45) is 0 Å². The van der Waals surface area contributed by atoms with Crippen LogP contribution in [0.3, 0.4) is 0 Å². The van der Waals surface area contributed by atoms with Crippen molar-refractivity contribution in [2.75, 3.05) is 11.5 Å². The lowest BCUT2D eigenvalue weighted by atomic mass is 10.2. The van der Waals surface area contributed by atoms with E-state index in [0.29, 0.717) is 0 Å². The fraction of sp³-hybridized carbons (Fsp3) is 0.429. The molecular formula is C14H15F2NO3S. The highest BCUT2D eigenvalue weighted by molar-refractivity contribution is 8.00. The number of carboxylic acids is 1. The van der Waals surface area contributed by atoms with Crippen LogP contribution in [0.25, 0.3) is 0 Å². The summed E-state index contributed by atoms with van der Waals surface area (Å²) >= 11 is 1.02. The number of rotatable bonds is 7. The van der Waals surface area contributed by atoms with Crippen molar-refractivity contribution >= 4 is 23.6 Å². The third-order valence-corrected chi connectivity index (χ3v) is 4.02. The van der Waals surface area contributed by atoms with Crippen molar-refractivity contribution in [3.63, 3.8) is 0 Å². The quantitative estimate of drug-likeness (QED) is 0.838. The molecule has 0 heterocycles. The molecule has 7 heteroatoms. The normalized spacial score (nSPS) is 14.0. The summed E-state index contributed by atoms with van der Waals surface area (Å²) in [6.45, 7) is 0.0866. The number of thioether (sulfide) groups is 1. The van der Waals surface area contributed by atoms with Crippen LogP contribution >= 0.6 is 11.8 Å². The van der Waals surface area contributed by atoms with E-state index in [0.717, 1.165) is 36.7 Å². The minimum Gasteiger partial charge on any atom is -0.481 e. The first-order chi connectivity index (χ1) is 9.97. The van der Waals surface area contributed by atoms with Crippen LogP contribution in [0.5, 0.6) is 0 Å². The van der Waals surface area contributed by atoms with E-state index in [1.165, 1.54) is 6.07 Å². The molecule has 1 aromatic carbocycles. The number of hydrogen-bond donors (Lipinski definition) is 1. The standard InChI is InChI=1S/C14H15F2NO3S/c15-10-2-1-9(12(16)5-10)6-17(11-3-4-11)13(18)7-21-8-14(19)20/h1-2,5,11H,3-4,6-8H2,(H,19,20). The third-order valence-electron chi connectivity index (χ3n) is 3.11. The summed E-state index contributed by atoms with van der Waals surface area (Å²) < 4.78 is 26.5. The fourth-order valence-corrected chi connectivity index (χ4v) is 2.57. The molecule has 0 bridgehead atoms. The molecule has 21 heavy (non-hydrogen) atoms. The van der Waals surface area contributed by atoms with Crippen molar-refractivity contribution in [2.45, 2.75) is 25.4 Å². The molecule has 1 amide bonds. The summed E-state index contributed by atoms with van der Waals surface area (Å²) in [6.07, 6.45) is 1.72. The minimum absolute atomic E-state index is 0.0472. The molecular weight excluding hydrogens is 300 g/mol. The Bertz CT molecular complexity index is 549. The molecule has 0 radical (unpaired) electrons. The van der Waals surface area contributed by atoms with E-state index in [2.05, 4.69) is 0 Å². The van der Waals surface area contributed by atoms with Gasteiger partial charge < -0.3 is 10.0 Å². The van der Waals surface area contributed by atoms with E-state index < -0.39 is 17.6 Å². The molecule has 1 saturated carbocycles. The van der Waals surface area contributed by atoms with Crippen LogP contribution in [0.4, 0.5) is 8.78 Å². The molecule has 2 rings (SSSR count). The van der Waals surface area contributed by atoms with Gasteiger partial charge in [0.2, 0.25) is 5.91 Å². The van der Waals surface area contributed by atoms with Gasteiger partial charge in [-0.1, -0.05) is 6.07 Å². The Balaban J connectivity index is 1.98. The molecule has 1 aliphatic rings. The highest BCUT2D eigenvalue weighted by Gasteiger charge is 2.32. The number of halogens is 2. The second kappa shape index (κ2) is 6.89.